The first-order valence-electron chi connectivity index (χ1n) is 10.6. The Bertz CT molecular complexity index is 1220. The molecule has 0 aliphatic carbocycles. The molecule has 3 aromatic heterocycles. The molecule has 0 fully saturated rings. The first-order chi connectivity index (χ1) is 15.8. The highest BCUT2D eigenvalue weighted by Gasteiger charge is 2.22. The van der Waals surface area contributed by atoms with E-state index in [0.717, 1.165) is 17.0 Å². The summed E-state index contributed by atoms with van der Waals surface area (Å²) in [7, 11) is 1.61. The van der Waals surface area contributed by atoms with Crippen molar-refractivity contribution in [2.45, 2.75) is 39.0 Å². The number of aromatic nitrogens is 5. The molecule has 0 radical (unpaired) electrons. The number of aryl methyl sites for hydroxylation is 1. The van der Waals surface area contributed by atoms with E-state index in [4.69, 9.17) is 9.26 Å². The van der Waals surface area contributed by atoms with Crippen LogP contribution in [0.15, 0.2) is 59.3 Å². The second kappa shape index (κ2) is 9.23. The number of amides is 1. The Morgan fingerprint density at radius 1 is 1.15 bits per heavy atom. The standard InChI is InChI=1S/C24H26N6O3/c1-24(2,3)18-15-20(30(28-18)19-7-5-6-14-25-19)26-21(31)12-13-22-27-23(29-33-22)16-8-10-17(32-4)11-9-16/h5-11,14-15H,12-13H2,1-4H3,(H,26,31). The summed E-state index contributed by atoms with van der Waals surface area (Å²) in [6, 6.07) is 14.8. The van der Waals surface area contributed by atoms with Crippen LogP contribution in [0.25, 0.3) is 17.2 Å². The fourth-order valence-electron chi connectivity index (χ4n) is 3.13. The van der Waals surface area contributed by atoms with E-state index in [9.17, 15) is 4.79 Å². The van der Waals surface area contributed by atoms with Gasteiger partial charge in [-0.15, -0.1) is 0 Å². The number of carbonyl (C=O) groups excluding carboxylic acids is 1. The van der Waals surface area contributed by atoms with Crippen LogP contribution in [0.3, 0.4) is 0 Å². The van der Waals surface area contributed by atoms with Gasteiger partial charge in [0.2, 0.25) is 17.6 Å². The number of carbonyl (C=O) groups is 1. The molecule has 0 saturated carbocycles. The van der Waals surface area contributed by atoms with Crippen molar-refractivity contribution in [3.8, 4) is 23.0 Å². The Morgan fingerprint density at radius 2 is 1.94 bits per heavy atom. The van der Waals surface area contributed by atoms with E-state index >= 15 is 0 Å². The van der Waals surface area contributed by atoms with Gasteiger partial charge in [-0.25, -0.2) is 4.98 Å². The number of benzene rings is 1. The number of rotatable bonds is 7. The fourth-order valence-corrected chi connectivity index (χ4v) is 3.13. The van der Waals surface area contributed by atoms with Gasteiger partial charge in [-0.2, -0.15) is 14.8 Å². The minimum atomic E-state index is -0.184. The summed E-state index contributed by atoms with van der Waals surface area (Å²) in [6.45, 7) is 6.21. The van der Waals surface area contributed by atoms with Gasteiger partial charge in [0.1, 0.15) is 11.6 Å². The molecule has 0 aliphatic heterocycles. The quantitative estimate of drug-likeness (QED) is 0.453. The van der Waals surface area contributed by atoms with E-state index in [1.165, 1.54) is 0 Å². The lowest BCUT2D eigenvalue weighted by Gasteiger charge is -2.13. The summed E-state index contributed by atoms with van der Waals surface area (Å²) in [5, 5.41) is 11.6. The highest BCUT2D eigenvalue weighted by Crippen LogP contribution is 2.26. The third kappa shape index (κ3) is 5.25. The third-order valence-electron chi connectivity index (χ3n) is 4.99. The van der Waals surface area contributed by atoms with Gasteiger partial charge in [0.25, 0.3) is 0 Å². The van der Waals surface area contributed by atoms with Crippen molar-refractivity contribution in [1.82, 2.24) is 24.9 Å². The van der Waals surface area contributed by atoms with E-state index in [1.807, 2.05) is 48.5 Å². The number of hydrogen-bond donors (Lipinski definition) is 1. The van der Waals surface area contributed by atoms with Gasteiger partial charge in [0.05, 0.1) is 12.8 Å². The van der Waals surface area contributed by atoms with Crippen LogP contribution >= 0.6 is 0 Å². The Labute approximate surface area is 191 Å². The van der Waals surface area contributed by atoms with Crippen LogP contribution in [-0.2, 0) is 16.6 Å². The van der Waals surface area contributed by atoms with Crippen molar-refractivity contribution in [2.24, 2.45) is 0 Å². The van der Waals surface area contributed by atoms with Crippen molar-refractivity contribution < 1.29 is 14.1 Å². The predicted octanol–water partition coefficient (Wildman–Crippen LogP) is 4.19. The zero-order chi connectivity index (χ0) is 23.4. The largest absolute Gasteiger partial charge is 0.497 e. The van der Waals surface area contributed by atoms with Gasteiger partial charge in [0.15, 0.2) is 5.82 Å². The summed E-state index contributed by atoms with van der Waals surface area (Å²) in [4.78, 5) is 21.4. The lowest BCUT2D eigenvalue weighted by Crippen LogP contribution is -2.16. The van der Waals surface area contributed by atoms with Crippen molar-refractivity contribution >= 4 is 11.7 Å². The molecule has 9 nitrogen and oxygen atoms in total. The van der Waals surface area contributed by atoms with Crippen LogP contribution in [0.1, 0.15) is 38.8 Å². The number of pyridine rings is 1. The van der Waals surface area contributed by atoms with E-state index < -0.39 is 0 Å². The molecule has 0 saturated heterocycles. The Kier molecular flexibility index (Phi) is 6.21. The van der Waals surface area contributed by atoms with Crippen LogP contribution < -0.4 is 10.1 Å². The first kappa shape index (κ1) is 22.2. The number of methoxy groups -OCH3 is 1. The van der Waals surface area contributed by atoms with Gasteiger partial charge in [-0.1, -0.05) is 32.0 Å². The Balaban J connectivity index is 1.44. The molecule has 1 amide bonds. The molecular weight excluding hydrogens is 420 g/mol. The molecule has 1 aromatic carbocycles. The smallest absolute Gasteiger partial charge is 0.227 e. The van der Waals surface area contributed by atoms with E-state index in [1.54, 1.807) is 18.0 Å². The van der Waals surface area contributed by atoms with Crippen molar-refractivity contribution in [1.29, 1.82) is 0 Å². The minimum absolute atomic E-state index is 0.179. The summed E-state index contributed by atoms with van der Waals surface area (Å²) >= 11 is 0. The molecular formula is C24H26N6O3. The van der Waals surface area contributed by atoms with Crippen molar-refractivity contribution in [3.63, 3.8) is 0 Å². The molecule has 9 heteroatoms. The topological polar surface area (TPSA) is 108 Å². The number of anilines is 1. The average molecular weight is 447 g/mol. The Morgan fingerprint density at radius 3 is 2.61 bits per heavy atom. The molecule has 170 valence electrons. The molecule has 0 unspecified atom stereocenters. The lowest BCUT2D eigenvalue weighted by atomic mass is 9.92. The zero-order valence-corrected chi connectivity index (χ0v) is 19.1. The molecule has 3 heterocycles. The van der Waals surface area contributed by atoms with E-state index in [0.29, 0.717) is 29.8 Å². The molecule has 4 aromatic rings. The highest BCUT2D eigenvalue weighted by atomic mass is 16.5. The Hall–Kier alpha value is -4.01. The van der Waals surface area contributed by atoms with Gasteiger partial charge in [-0.05, 0) is 36.4 Å². The average Bonchev–Trinajstić information content (AvgIpc) is 3.46. The van der Waals surface area contributed by atoms with Crippen LogP contribution in [-0.4, -0.2) is 37.9 Å². The molecule has 0 spiro atoms. The van der Waals surface area contributed by atoms with Crippen LogP contribution in [0.2, 0.25) is 0 Å². The number of hydrogen-bond acceptors (Lipinski definition) is 7. The second-order valence-corrected chi connectivity index (χ2v) is 8.55. The van der Waals surface area contributed by atoms with Crippen LogP contribution in [0, 0.1) is 0 Å². The van der Waals surface area contributed by atoms with E-state index in [2.05, 4.69) is 46.3 Å². The SMILES string of the molecule is COc1ccc(-c2noc(CCC(=O)Nc3cc(C(C)(C)C)nn3-c3ccccn3)n2)cc1. The fraction of sp³-hybridized carbons (Fsp3) is 0.292. The van der Waals surface area contributed by atoms with E-state index in [-0.39, 0.29) is 17.7 Å². The first-order valence-corrected chi connectivity index (χ1v) is 10.6. The monoisotopic (exact) mass is 446 g/mol. The highest BCUT2D eigenvalue weighted by molar-refractivity contribution is 5.90. The minimum Gasteiger partial charge on any atom is -0.497 e. The molecule has 0 atom stereocenters. The maximum Gasteiger partial charge on any atom is 0.227 e. The van der Waals surface area contributed by atoms with Gasteiger partial charge >= 0.3 is 0 Å². The molecule has 0 aliphatic rings. The maximum absolute atomic E-state index is 12.7. The summed E-state index contributed by atoms with van der Waals surface area (Å²) in [6.07, 6.45) is 2.19. The van der Waals surface area contributed by atoms with Gasteiger partial charge in [-0.3, -0.25) is 4.79 Å². The predicted molar refractivity (Wildman–Crippen MR) is 123 cm³/mol. The third-order valence-corrected chi connectivity index (χ3v) is 4.99. The van der Waals surface area contributed by atoms with Crippen molar-refractivity contribution in [2.75, 3.05) is 12.4 Å². The molecule has 1 N–H and O–H groups in total. The van der Waals surface area contributed by atoms with Gasteiger partial charge < -0.3 is 14.6 Å². The maximum atomic E-state index is 12.7. The molecule has 4 rings (SSSR count). The van der Waals surface area contributed by atoms with Gasteiger partial charge in [0, 0.05) is 36.1 Å². The number of ether oxygens (including phenoxy) is 1. The number of nitrogens with zero attached hydrogens (tertiary/aromatic N) is 5. The zero-order valence-electron chi connectivity index (χ0n) is 19.1. The summed E-state index contributed by atoms with van der Waals surface area (Å²) in [5.74, 6) is 2.62. The summed E-state index contributed by atoms with van der Waals surface area (Å²) < 4.78 is 12.1. The van der Waals surface area contributed by atoms with Crippen LogP contribution in [0.5, 0.6) is 5.75 Å². The van der Waals surface area contributed by atoms with Crippen molar-refractivity contribution in [3.05, 3.63) is 66.3 Å². The lowest BCUT2D eigenvalue weighted by molar-refractivity contribution is -0.116. The molecule has 33 heavy (non-hydrogen) atoms. The second-order valence-electron chi connectivity index (χ2n) is 8.55. The number of nitrogens with one attached hydrogen (secondary N) is 1. The normalized spacial score (nSPS) is 11.4. The molecule has 0 bridgehead atoms. The van der Waals surface area contributed by atoms with Crippen LogP contribution in [0.4, 0.5) is 5.82 Å². The summed E-state index contributed by atoms with van der Waals surface area (Å²) in [5.41, 5.74) is 1.48.